The number of benzene rings is 12. The van der Waals surface area contributed by atoms with Crippen LogP contribution in [0.5, 0.6) is 0 Å². The fraction of sp³-hybridized carbons (Fsp3) is 0. The van der Waals surface area contributed by atoms with Crippen LogP contribution in [0.4, 0.5) is 17.1 Å². The zero-order valence-corrected chi connectivity index (χ0v) is 40.1. The highest BCUT2D eigenvalue weighted by molar-refractivity contribution is 7.19. The van der Waals surface area contributed by atoms with Crippen LogP contribution >= 0.6 is 0 Å². The van der Waals surface area contributed by atoms with E-state index >= 15 is 0 Å². The van der Waals surface area contributed by atoms with Crippen LogP contribution in [0.3, 0.4) is 0 Å². The number of fused-ring (bicyclic) bond motifs is 5. The van der Waals surface area contributed by atoms with Gasteiger partial charge < -0.3 is 9.47 Å². The first kappa shape index (κ1) is 42.1. The van der Waals surface area contributed by atoms with E-state index in [1.54, 1.807) is 0 Å². The van der Waals surface area contributed by atoms with Gasteiger partial charge in [-0.25, -0.2) is 0 Å². The lowest BCUT2D eigenvalue weighted by molar-refractivity contribution is 1.18. The molecule has 0 saturated carbocycles. The molecule has 0 bridgehead atoms. The van der Waals surface area contributed by atoms with Gasteiger partial charge in [0.2, 0.25) is 0 Å². The monoisotopic (exact) mass is 920 g/mol. The van der Waals surface area contributed by atoms with Gasteiger partial charge in [0.1, 0.15) is 0 Å². The maximum absolute atomic E-state index is 2.72. The number of rotatable bonds is 10. The number of hydrogen-bond acceptors (Lipinski definition) is 1. The van der Waals surface area contributed by atoms with E-state index in [-0.39, 0.29) is 0 Å². The zero-order chi connectivity index (χ0) is 47.1. The van der Waals surface area contributed by atoms with Crippen LogP contribution in [-0.2, 0) is 0 Å². The molecule has 0 aliphatic heterocycles. The van der Waals surface area contributed by atoms with Crippen molar-refractivity contribution in [2.24, 2.45) is 0 Å². The number of aromatic nitrogens is 1. The lowest BCUT2D eigenvalue weighted by Crippen LogP contribution is -2.74. The summed E-state index contributed by atoms with van der Waals surface area (Å²) < 4.78 is 2.39. The van der Waals surface area contributed by atoms with Gasteiger partial charge in [-0.3, -0.25) is 0 Å². The van der Waals surface area contributed by atoms with Gasteiger partial charge in [-0.1, -0.05) is 224 Å². The van der Waals surface area contributed by atoms with Crippen LogP contribution in [-0.4, -0.2) is 12.6 Å². The molecule has 71 heavy (non-hydrogen) atoms. The SMILES string of the molecule is c1ccc(-n2c3ccccc3c3c(-c4ccc5cc(N(c6ccc(-c7cccc8ccccc78)cc6)c6ccc([Si](c7ccccc7)(c7ccccc7)c7ccccc7)cc6)ccc5c4)cccc32)cc1. The van der Waals surface area contributed by atoms with Gasteiger partial charge in [0.25, 0.3) is 0 Å². The highest BCUT2D eigenvalue weighted by atomic mass is 28.3. The summed E-state index contributed by atoms with van der Waals surface area (Å²) in [5, 5.41) is 12.8. The van der Waals surface area contributed by atoms with Crippen LogP contribution in [0, 0.1) is 0 Å². The second-order valence-electron chi connectivity index (χ2n) is 18.4. The quantitative estimate of drug-likeness (QED) is 0.0980. The first-order valence-electron chi connectivity index (χ1n) is 24.5. The third-order valence-corrected chi connectivity index (χ3v) is 19.3. The van der Waals surface area contributed by atoms with E-state index in [4.69, 9.17) is 0 Å². The Morgan fingerprint density at radius 1 is 0.282 bits per heavy atom. The Balaban J connectivity index is 0.947. The summed E-state index contributed by atoms with van der Waals surface area (Å²) in [5.74, 6) is 0. The van der Waals surface area contributed by atoms with Crippen LogP contribution in [0.25, 0.3) is 71.3 Å². The molecule has 0 N–H and O–H groups in total. The van der Waals surface area contributed by atoms with Gasteiger partial charge in [-0.2, -0.15) is 0 Å². The summed E-state index contributed by atoms with van der Waals surface area (Å²) in [6.07, 6.45) is 0. The largest absolute Gasteiger partial charge is 0.310 e. The molecule has 334 valence electrons. The molecule has 0 aliphatic rings. The van der Waals surface area contributed by atoms with E-state index in [0.717, 1.165) is 22.7 Å². The van der Waals surface area contributed by atoms with E-state index in [9.17, 15) is 0 Å². The molecular formula is C68H48N2Si. The van der Waals surface area contributed by atoms with E-state index in [0.29, 0.717) is 0 Å². The van der Waals surface area contributed by atoms with E-state index in [1.165, 1.54) is 86.4 Å². The Labute approximate surface area is 415 Å². The van der Waals surface area contributed by atoms with Gasteiger partial charge >= 0.3 is 0 Å². The summed E-state index contributed by atoms with van der Waals surface area (Å²) >= 11 is 0. The number of para-hydroxylation sites is 2. The summed E-state index contributed by atoms with van der Waals surface area (Å²) in [6.45, 7) is 0. The highest BCUT2D eigenvalue weighted by Gasteiger charge is 2.41. The topological polar surface area (TPSA) is 8.17 Å². The normalized spacial score (nSPS) is 11.7. The van der Waals surface area contributed by atoms with Crippen molar-refractivity contribution in [1.29, 1.82) is 0 Å². The van der Waals surface area contributed by atoms with Crippen molar-refractivity contribution in [3.05, 3.63) is 291 Å². The van der Waals surface area contributed by atoms with Gasteiger partial charge in [0.15, 0.2) is 8.07 Å². The molecule has 0 radical (unpaired) electrons. The van der Waals surface area contributed by atoms with Gasteiger partial charge in [-0.15, -0.1) is 0 Å². The molecule has 0 fully saturated rings. The second kappa shape index (κ2) is 17.8. The molecule has 0 aliphatic carbocycles. The first-order chi connectivity index (χ1) is 35.2. The molecular weight excluding hydrogens is 873 g/mol. The van der Waals surface area contributed by atoms with E-state index in [1.807, 2.05) is 0 Å². The number of anilines is 3. The molecule has 13 aromatic rings. The predicted octanol–water partition coefficient (Wildman–Crippen LogP) is 15.3. The molecule has 12 aromatic carbocycles. The van der Waals surface area contributed by atoms with Crippen LogP contribution in [0.15, 0.2) is 291 Å². The van der Waals surface area contributed by atoms with E-state index < -0.39 is 8.07 Å². The molecule has 0 saturated heterocycles. The van der Waals surface area contributed by atoms with Crippen molar-refractivity contribution in [3.8, 4) is 27.9 Å². The Bertz CT molecular complexity index is 3910. The van der Waals surface area contributed by atoms with Crippen molar-refractivity contribution in [2.75, 3.05) is 4.90 Å². The van der Waals surface area contributed by atoms with Crippen LogP contribution < -0.4 is 25.6 Å². The Morgan fingerprint density at radius 3 is 1.42 bits per heavy atom. The third kappa shape index (κ3) is 7.26. The summed E-state index contributed by atoms with van der Waals surface area (Å²) in [7, 11) is -2.72. The zero-order valence-electron chi connectivity index (χ0n) is 39.1. The lowest BCUT2D eigenvalue weighted by Gasteiger charge is -2.35. The molecule has 0 amide bonds. The molecule has 1 aromatic heterocycles. The van der Waals surface area contributed by atoms with Crippen molar-refractivity contribution in [2.45, 2.75) is 0 Å². The predicted molar refractivity (Wildman–Crippen MR) is 305 cm³/mol. The minimum absolute atomic E-state index is 1.09. The van der Waals surface area contributed by atoms with Gasteiger partial charge in [-0.05, 0) is 131 Å². The van der Waals surface area contributed by atoms with Crippen molar-refractivity contribution in [3.63, 3.8) is 0 Å². The fourth-order valence-electron chi connectivity index (χ4n) is 11.3. The fourth-order valence-corrected chi connectivity index (χ4v) is 16.0. The molecule has 2 nitrogen and oxygen atoms in total. The third-order valence-electron chi connectivity index (χ3n) is 14.5. The molecule has 0 atom stereocenters. The Kier molecular flexibility index (Phi) is 10.6. The summed E-state index contributed by atoms with van der Waals surface area (Å²) in [4.78, 5) is 2.42. The Hall–Kier alpha value is -9.02. The first-order valence-corrected chi connectivity index (χ1v) is 26.5. The Morgan fingerprint density at radius 2 is 0.746 bits per heavy atom. The molecule has 0 unspecified atom stereocenters. The van der Waals surface area contributed by atoms with Crippen molar-refractivity contribution < 1.29 is 0 Å². The lowest BCUT2D eigenvalue weighted by atomic mass is 9.96. The summed E-state index contributed by atoms with van der Waals surface area (Å²) in [5.41, 5.74) is 11.7. The molecule has 13 rings (SSSR count). The minimum atomic E-state index is -2.72. The minimum Gasteiger partial charge on any atom is -0.310 e. The molecule has 3 heteroatoms. The molecule has 1 heterocycles. The summed E-state index contributed by atoms with van der Waals surface area (Å²) in [6, 6.07) is 107. The maximum atomic E-state index is 2.42. The second-order valence-corrected chi connectivity index (χ2v) is 22.2. The number of hydrogen-bond donors (Lipinski definition) is 0. The average molecular weight is 921 g/mol. The standard InChI is InChI=1S/C68H48N2Si/c1-5-21-54(22-6-1)70-66-33-16-15-30-65(66)68-64(32-18-34-67(68)70)53-36-35-52-48-57(42-39-51(52)47-53)69(55-40-37-50(38-41-55)63-31-17-20-49-19-13-14-29-62(49)63)56-43-45-61(46-44-56)71(58-23-7-2-8-24-58,59-25-9-3-10-26-59)60-27-11-4-12-28-60/h1-48H. The smallest absolute Gasteiger partial charge is 0.179 e. The van der Waals surface area contributed by atoms with E-state index in [2.05, 4.69) is 301 Å². The van der Waals surface area contributed by atoms with Crippen molar-refractivity contribution in [1.82, 2.24) is 4.57 Å². The van der Waals surface area contributed by atoms with Crippen molar-refractivity contribution >= 4 is 89.2 Å². The van der Waals surface area contributed by atoms with Crippen LogP contribution in [0.2, 0.25) is 0 Å². The van der Waals surface area contributed by atoms with Crippen LogP contribution in [0.1, 0.15) is 0 Å². The van der Waals surface area contributed by atoms with Gasteiger partial charge in [0.05, 0.1) is 11.0 Å². The van der Waals surface area contributed by atoms with Gasteiger partial charge in [0, 0.05) is 33.5 Å². The number of nitrogens with zero attached hydrogens (tertiary/aromatic N) is 2. The molecule has 0 spiro atoms. The average Bonchev–Trinajstić information content (AvgIpc) is 3.80. The maximum Gasteiger partial charge on any atom is 0.179 e. The highest BCUT2D eigenvalue weighted by Crippen LogP contribution is 2.41.